The van der Waals surface area contributed by atoms with E-state index in [4.69, 9.17) is 5.73 Å². The minimum absolute atomic E-state index is 0.189. The first-order valence-corrected chi connectivity index (χ1v) is 6.80. The summed E-state index contributed by atoms with van der Waals surface area (Å²) in [4.78, 5) is 12.4. The van der Waals surface area contributed by atoms with Crippen molar-refractivity contribution in [2.75, 3.05) is 0 Å². The van der Waals surface area contributed by atoms with Crippen molar-refractivity contribution in [3.05, 3.63) is 71.0 Å². The Labute approximate surface area is 124 Å². The molecule has 0 bridgehead atoms. The largest absolute Gasteiger partial charge is 0.343 e. The molecule has 1 amide bonds. The van der Waals surface area contributed by atoms with Crippen LogP contribution in [0.2, 0.25) is 0 Å². The van der Waals surface area contributed by atoms with Gasteiger partial charge in [0.25, 0.3) is 5.91 Å². The lowest BCUT2D eigenvalue weighted by Gasteiger charge is -2.27. The second kappa shape index (κ2) is 6.06. The Morgan fingerprint density at radius 3 is 2.38 bits per heavy atom. The summed E-state index contributed by atoms with van der Waals surface area (Å²) in [6.07, 6.45) is 0. The highest BCUT2D eigenvalue weighted by Crippen LogP contribution is 2.21. The summed E-state index contributed by atoms with van der Waals surface area (Å²) in [6.45, 7) is 4.06. The molecule has 110 valence electrons. The molecule has 0 aliphatic heterocycles. The molecule has 0 saturated carbocycles. The molecule has 0 fully saturated rings. The van der Waals surface area contributed by atoms with Gasteiger partial charge in [-0.05, 0) is 43.2 Å². The van der Waals surface area contributed by atoms with Gasteiger partial charge in [0.2, 0.25) is 0 Å². The Morgan fingerprint density at radius 2 is 1.76 bits per heavy atom. The number of halogens is 1. The first-order valence-electron chi connectivity index (χ1n) is 6.80. The van der Waals surface area contributed by atoms with Crippen molar-refractivity contribution in [2.45, 2.75) is 25.9 Å². The number of rotatable bonds is 4. The number of nitrogens with one attached hydrogen (secondary N) is 1. The van der Waals surface area contributed by atoms with Crippen LogP contribution < -0.4 is 11.1 Å². The number of hydrogen-bond donors (Lipinski definition) is 2. The van der Waals surface area contributed by atoms with E-state index in [0.717, 1.165) is 11.1 Å². The molecule has 0 aliphatic rings. The Balaban J connectivity index is 2.23. The fourth-order valence-electron chi connectivity index (χ4n) is 2.21. The lowest BCUT2D eigenvalue weighted by molar-refractivity contribution is 0.0911. The van der Waals surface area contributed by atoms with Crippen molar-refractivity contribution in [3.8, 4) is 0 Å². The van der Waals surface area contributed by atoms with E-state index in [0.29, 0.717) is 12.1 Å². The Hall–Kier alpha value is -2.20. The third-order valence-corrected chi connectivity index (χ3v) is 3.47. The highest BCUT2D eigenvalue weighted by Gasteiger charge is 2.24. The molecule has 0 radical (unpaired) electrons. The van der Waals surface area contributed by atoms with Gasteiger partial charge in [-0.3, -0.25) is 4.79 Å². The number of benzene rings is 2. The van der Waals surface area contributed by atoms with Crippen LogP contribution in [0.1, 0.15) is 35.3 Å². The summed E-state index contributed by atoms with van der Waals surface area (Å²) < 4.78 is 13.0. The highest BCUT2D eigenvalue weighted by atomic mass is 19.1. The smallest absolute Gasteiger partial charge is 0.252 e. The summed E-state index contributed by atoms with van der Waals surface area (Å²) in [5.41, 5.74) is 7.25. The maximum atomic E-state index is 13.0. The number of carbonyl (C=O) groups is 1. The summed E-state index contributed by atoms with van der Waals surface area (Å²) in [6, 6.07) is 13.4. The predicted octanol–water partition coefficient (Wildman–Crippen LogP) is 2.95. The molecule has 3 N–H and O–H groups in total. The minimum atomic E-state index is -0.605. The van der Waals surface area contributed by atoms with E-state index in [-0.39, 0.29) is 11.7 Å². The van der Waals surface area contributed by atoms with Crippen LogP contribution in [-0.4, -0.2) is 5.91 Å². The second-order valence-electron chi connectivity index (χ2n) is 5.45. The van der Waals surface area contributed by atoms with Crippen LogP contribution in [0.4, 0.5) is 4.39 Å². The molecule has 0 atom stereocenters. The molecule has 2 aromatic carbocycles. The van der Waals surface area contributed by atoms with E-state index in [1.54, 1.807) is 24.3 Å². The summed E-state index contributed by atoms with van der Waals surface area (Å²) >= 11 is 0. The van der Waals surface area contributed by atoms with Crippen molar-refractivity contribution in [2.24, 2.45) is 5.73 Å². The number of amides is 1. The minimum Gasteiger partial charge on any atom is -0.343 e. The highest BCUT2D eigenvalue weighted by molar-refractivity contribution is 5.96. The molecule has 0 saturated heterocycles. The van der Waals surface area contributed by atoms with E-state index < -0.39 is 5.54 Å². The number of carbonyl (C=O) groups excluding carboxylic acids is 1. The van der Waals surface area contributed by atoms with Gasteiger partial charge in [-0.15, -0.1) is 0 Å². The fraction of sp³-hybridized carbons (Fsp3) is 0.235. The van der Waals surface area contributed by atoms with Crippen LogP contribution in [0.25, 0.3) is 0 Å². The fourth-order valence-corrected chi connectivity index (χ4v) is 2.21. The van der Waals surface area contributed by atoms with Crippen LogP contribution in [0.5, 0.6) is 0 Å². The van der Waals surface area contributed by atoms with Gasteiger partial charge in [0.05, 0.1) is 5.54 Å². The number of hydrogen-bond acceptors (Lipinski definition) is 2. The van der Waals surface area contributed by atoms with Crippen LogP contribution in [0.15, 0.2) is 48.5 Å². The van der Waals surface area contributed by atoms with Crippen molar-refractivity contribution in [1.82, 2.24) is 5.32 Å². The molecular formula is C17H19FN2O. The molecule has 0 aromatic heterocycles. The van der Waals surface area contributed by atoms with Crippen molar-refractivity contribution in [1.29, 1.82) is 0 Å². The SMILES string of the molecule is CC(C)(NC(=O)c1ccccc1CN)c1ccc(F)cc1. The van der Waals surface area contributed by atoms with E-state index in [9.17, 15) is 9.18 Å². The lowest BCUT2D eigenvalue weighted by Crippen LogP contribution is -2.41. The van der Waals surface area contributed by atoms with Crippen molar-refractivity contribution >= 4 is 5.91 Å². The van der Waals surface area contributed by atoms with E-state index in [1.807, 2.05) is 26.0 Å². The Bertz CT molecular complexity index is 635. The van der Waals surface area contributed by atoms with Gasteiger partial charge < -0.3 is 11.1 Å². The maximum absolute atomic E-state index is 13.0. The molecule has 2 aromatic rings. The van der Waals surface area contributed by atoms with Gasteiger partial charge in [-0.1, -0.05) is 30.3 Å². The third-order valence-electron chi connectivity index (χ3n) is 3.47. The summed E-state index contributed by atoms with van der Waals surface area (Å²) in [5, 5.41) is 2.97. The third kappa shape index (κ3) is 3.47. The summed E-state index contributed by atoms with van der Waals surface area (Å²) in [5.74, 6) is -0.486. The molecule has 4 heteroatoms. The Morgan fingerprint density at radius 1 is 1.14 bits per heavy atom. The zero-order valence-electron chi connectivity index (χ0n) is 12.2. The monoisotopic (exact) mass is 286 g/mol. The number of nitrogens with two attached hydrogens (primary N) is 1. The van der Waals surface area contributed by atoms with Crippen LogP contribution in [0.3, 0.4) is 0 Å². The van der Waals surface area contributed by atoms with Crippen LogP contribution in [0, 0.1) is 5.82 Å². The molecule has 3 nitrogen and oxygen atoms in total. The normalized spacial score (nSPS) is 11.2. The summed E-state index contributed by atoms with van der Waals surface area (Å²) in [7, 11) is 0. The van der Waals surface area contributed by atoms with Crippen LogP contribution >= 0.6 is 0 Å². The second-order valence-corrected chi connectivity index (χ2v) is 5.45. The van der Waals surface area contributed by atoms with E-state index in [1.165, 1.54) is 12.1 Å². The molecule has 0 heterocycles. The molecule has 0 aliphatic carbocycles. The molecule has 0 unspecified atom stereocenters. The van der Waals surface area contributed by atoms with Crippen molar-refractivity contribution < 1.29 is 9.18 Å². The van der Waals surface area contributed by atoms with E-state index in [2.05, 4.69) is 5.32 Å². The van der Waals surface area contributed by atoms with Gasteiger partial charge in [-0.2, -0.15) is 0 Å². The van der Waals surface area contributed by atoms with Gasteiger partial charge in [0.15, 0.2) is 0 Å². The maximum Gasteiger partial charge on any atom is 0.252 e. The van der Waals surface area contributed by atoms with Gasteiger partial charge in [0, 0.05) is 12.1 Å². The lowest BCUT2D eigenvalue weighted by atomic mass is 9.93. The van der Waals surface area contributed by atoms with Crippen molar-refractivity contribution in [3.63, 3.8) is 0 Å². The topological polar surface area (TPSA) is 55.1 Å². The molecule has 21 heavy (non-hydrogen) atoms. The predicted molar refractivity (Wildman–Crippen MR) is 81.2 cm³/mol. The standard InChI is InChI=1S/C17H19FN2O/c1-17(2,13-7-9-14(18)10-8-13)20-16(21)15-6-4-3-5-12(15)11-19/h3-10H,11,19H2,1-2H3,(H,20,21). The first kappa shape index (κ1) is 15.2. The van der Waals surface area contributed by atoms with Gasteiger partial charge in [0.1, 0.15) is 5.82 Å². The van der Waals surface area contributed by atoms with Crippen LogP contribution in [-0.2, 0) is 12.1 Å². The quantitative estimate of drug-likeness (QED) is 0.908. The zero-order valence-corrected chi connectivity index (χ0v) is 12.2. The zero-order chi connectivity index (χ0) is 15.5. The average Bonchev–Trinajstić information content (AvgIpc) is 2.47. The van der Waals surface area contributed by atoms with Gasteiger partial charge >= 0.3 is 0 Å². The van der Waals surface area contributed by atoms with Gasteiger partial charge in [-0.25, -0.2) is 4.39 Å². The van der Waals surface area contributed by atoms with E-state index >= 15 is 0 Å². The Kier molecular flexibility index (Phi) is 4.38. The molecule has 0 spiro atoms. The first-order chi connectivity index (χ1) is 9.94. The average molecular weight is 286 g/mol. The molecular weight excluding hydrogens is 267 g/mol. The molecule has 2 rings (SSSR count).